The van der Waals surface area contributed by atoms with Crippen LogP contribution in [0.25, 0.3) is 0 Å². The zero-order chi connectivity index (χ0) is 14.7. The largest absolute Gasteiger partial charge is 0.369 e. The van der Waals surface area contributed by atoms with E-state index < -0.39 is 0 Å². The SMILES string of the molecule is CCC(N)Cc1ccc(N2CCC(N(C)C)C2)c(Cl)c1. The fourth-order valence-corrected chi connectivity index (χ4v) is 3.09. The van der Waals surface area contributed by atoms with E-state index >= 15 is 0 Å². The molecule has 1 aliphatic heterocycles. The van der Waals surface area contributed by atoms with Crippen LogP contribution in [0, 0.1) is 0 Å². The van der Waals surface area contributed by atoms with Crippen molar-refractivity contribution in [3.8, 4) is 0 Å². The highest BCUT2D eigenvalue weighted by Crippen LogP contribution is 2.30. The fourth-order valence-electron chi connectivity index (χ4n) is 2.76. The first-order chi connectivity index (χ1) is 9.51. The lowest BCUT2D eigenvalue weighted by Gasteiger charge is -2.23. The van der Waals surface area contributed by atoms with Crippen LogP contribution in [-0.4, -0.2) is 44.2 Å². The van der Waals surface area contributed by atoms with Gasteiger partial charge < -0.3 is 15.5 Å². The fraction of sp³-hybridized carbons (Fsp3) is 0.625. The van der Waals surface area contributed by atoms with E-state index in [-0.39, 0.29) is 6.04 Å². The van der Waals surface area contributed by atoms with Gasteiger partial charge in [-0.15, -0.1) is 0 Å². The summed E-state index contributed by atoms with van der Waals surface area (Å²) < 4.78 is 0. The molecule has 2 unspecified atom stereocenters. The van der Waals surface area contributed by atoms with E-state index in [0.717, 1.165) is 36.6 Å². The standard InChI is InChI=1S/C16H26ClN3/c1-4-13(18)9-12-5-6-16(15(17)10-12)20-8-7-14(11-20)19(2)3/h5-6,10,13-14H,4,7-9,11,18H2,1-3H3. The summed E-state index contributed by atoms with van der Waals surface area (Å²) in [5.74, 6) is 0. The number of nitrogens with zero attached hydrogens (tertiary/aromatic N) is 2. The first kappa shape index (κ1) is 15.6. The smallest absolute Gasteiger partial charge is 0.0642 e. The summed E-state index contributed by atoms with van der Waals surface area (Å²) in [6.45, 7) is 4.25. The molecule has 3 nitrogen and oxygen atoms in total. The van der Waals surface area contributed by atoms with Crippen LogP contribution in [0.4, 0.5) is 5.69 Å². The van der Waals surface area contributed by atoms with Crippen molar-refractivity contribution in [3.05, 3.63) is 28.8 Å². The molecule has 0 aromatic heterocycles. The Bertz CT molecular complexity index is 447. The van der Waals surface area contributed by atoms with E-state index in [1.165, 1.54) is 12.0 Å². The second kappa shape index (κ2) is 6.79. The van der Waals surface area contributed by atoms with Gasteiger partial charge in [0.25, 0.3) is 0 Å². The van der Waals surface area contributed by atoms with E-state index in [1.807, 2.05) is 0 Å². The Kier molecular flexibility index (Phi) is 5.30. The Hall–Kier alpha value is -0.770. The number of likely N-dealkylation sites (N-methyl/N-ethyl adjacent to an activating group) is 1. The molecule has 0 bridgehead atoms. The van der Waals surface area contributed by atoms with E-state index in [1.54, 1.807) is 0 Å². The van der Waals surface area contributed by atoms with Gasteiger partial charge in [0.05, 0.1) is 10.7 Å². The monoisotopic (exact) mass is 295 g/mol. The summed E-state index contributed by atoms with van der Waals surface area (Å²) >= 11 is 6.47. The lowest BCUT2D eigenvalue weighted by atomic mass is 10.0. The van der Waals surface area contributed by atoms with Gasteiger partial charge in [0.2, 0.25) is 0 Å². The molecule has 4 heteroatoms. The number of anilines is 1. The Morgan fingerprint density at radius 3 is 2.75 bits per heavy atom. The predicted molar refractivity (Wildman–Crippen MR) is 87.7 cm³/mol. The second-order valence-electron chi connectivity index (χ2n) is 6.01. The molecule has 0 amide bonds. The third-order valence-corrected chi connectivity index (χ3v) is 4.57. The zero-order valence-corrected chi connectivity index (χ0v) is 13.5. The summed E-state index contributed by atoms with van der Waals surface area (Å²) in [5.41, 5.74) is 8.40. The van der Waals surface area contributed by atoms with Gasteiger partial charge in [-0.05, 0) is 51.1 Å². The van der Waals surface area contributed by atoms with Gasteiger partial charge >= 0.3 is 0 Å². The van der Waals surface area contributed by atoms with Gasteiger partial charge in [-0.2, -0.15) is 0 Å². The van der Waals surface area contributed by atoms with Crippen molar-refractivity contribution in [1.82, 2.24) is 4.90 Å². The average molecular weight is 296 g/mol. The first-order valence-corrected chi connectivity index (χ1v) is 7.84. The van der Waals surface area contributed by atoms with Gasteiger partial charge in [0.1, 0.15) is 0 Å². The van der Waals surface area contributed by atoms with Crippen molar-refractivity contribution in [2.24, 2.45) is 5.73 Å². The van der Waals surface area contributed by atoms with E-state index in [9.17, 15) is 0 Å². The molecule has 2 atom stereocenters. The molecule has 2 rings (SSSR count). The van der Waals surface area contributed by atoms with Crippen molar-refractivity contribution in [2.45, 2.75) is 38.3 Å². The summed E-state index contributed by atoms with van der Waals surface area (Å²) in [6, 6.07) is 7.24. The number of hydrogen-bond donors (Lipinski definition) is 1. The molecule has 1 saturated heterocycles. The maximum Gasteiger partial charge on any atom is 0.0642 e. The summed E-state index contributed by atoms with van der Waals surface area (Å²) in [6.07, 6.45) is 3.10. The molecule has 1 heterocycles. The van der Waals surface area contributed by atoms with Crippen LogP contribution in [0.2, 0.25) is 5.02 Å². The van der Waals surface area contributed by atoms with Crippen LogP contribution >= 0.6 is 11.6 Å². The van der Waals surface area contributed by atoms with E-state index in [4.69, 9.17) is 17.3 Å². The number of rotatable bonds is 5. The van der Waals surface area contributed by atoms with Gasteiger partial charge in [-0.25, -0.2) is 0 Å². The van der Waals surface area contributed by atoms with Gasteiger partial charge in [-0.1, -0.05) is 24.6 Å². The molecular formula is C16H26ClN3. The van der Waals surface area contributed by atoms with Crippen molar-refractivity contribution in [3.63, 3.8) is 0 Å². The highest BCUT2D eigenvalue weighted by Gasteiger charge is 2.25. The minimum atomic E-state index is 0.224. The Labute approximate surface area is 127 Å². The molecule has 1 aromatic carbocycles. The molecule has 2 N–H and O–H groups in total. The lowest BCUT2D eigenvalue weighted by molar-refractivity contribution is 0.315. The van der Waals surface area contributed by atoms with Crippen LogP contribution in [-0.2, 0) is 6.42 Å². The Morgan fingerprint density at radius 1 is 1.45 bits per heavy atom. The topological polar surface area (TPSA) is 32.5 Å². The summed E-state index contributed by atoms with van der Waals surface area (Å²) in [5, 5.41) is 0.852. The van der Waals surface area contributed by atoms with E-state index in [0.29, 0.717) is 6.04 Å². The maximum absolute atomic E-state index is 6.47. The van der Waals surface area contributed by atoms with Crippen molar-refractivity contribution in [1.29, 1.82) is 0 Å². The highest BCUT2D eigenvalue weighted by atomic mass is 35.5. The van der Waals surface area contributed by atoms with Gasteiger partial charge in [0, 0.05) is 25.2 Å². The Morgan fingerprint density at radius 2 is 2.20 bits per heavy atom. The minimum Gasteiger partial charge on any atom is -0.369 e. The zero-order valence-electron chi connectivity index (χ0n) is 12.8. The average Bonchev–Trinajstić information content (AvgIpc) is 2.88. The number of nitrogens with two attached hydrogens (primary N) is 1. The van der Waals surface area contributed by atoms with Crippen LogP contribution in [0.3, 0.4) is 0 Å². The van der Waals surface area contributed by atoms with Crippen molar-refractivity contribution >= 4 is 17.3 Å². The van der Waals surface area contributed by atoms with Gasteiger partial charge in [0.15, 0.2) is 0 Å². The maximum atomic E-state index is 6.47. The number of benzene rings is 1. The molecule has 0 aliphatic carbocycles. The van der Waals surface area contributed by atoms with Crippen molar-refractivity contribution in [2.75, 3.05) is 32.1 Å². The molecular weight excluding hydrogens is 270 g/mol. The summed E-state index contributed by atoms with van der Waals surface area (Å²) in [4.78, 5) is 4.68. The van der Waals surface area contributed by atoms with Gasteiger partial charge in [-0.3, -0.25) is 0 Å². The molecule has 0 saturated carbocycles. The summed E-state index contributed by atoms with van der Waals surface area (Å²) in [7, 11) is 4.29. The quantitative estimate of drug-likeness (QED) is 0.906. The normalized spacial score (nSPS) is 20.7. The molecule has 112 valence electrons. The molecule has 20 heavy (non-hydrogen) atoms. The Balaban J connectivity index is 2.07. The third-order valence-electron chi connectivity index (χ3n) is 4.27. The van der Waals surface area contributed by atoms with E-state index in [2.05, 4.69) is 49.0 Å². The third kappa shape index (κ3) is 3.66. The molecule has 1 aliphatic rings. The number of halogens is 1. The lowest BCUT2D eigenvalue weighted by Crippen LogP contribution is -2.31. The van der Waals surface area contributed by atoms with Crippen molar-refractivity contribution < 1.29 is 0 Å². The predicted octanol–water partition coefficient (Wildman–Crippen LogP) is 2.76. The molecule has 0 spiro atoms. The van der Waals surface area contributed by atoms with Crippen LogP contribution in [0.15, 0.2) is 18.2 Å². The highest BCUT2D eigenvalue weighted by molar-refractivity contribution is 6.33. The first-order valence-electron chi connectivity index (χ1n) is 7.46. The molecule has 0 radical (unpaired) electrons. The van der Waals surface area contributed by atoms with Crippen LogP contribution < -0.4 is 10.6 Å². The molecule has 1 aromatic rings. The molecule has 1 fully saturated rings. The van der Waals surface area contributed by atoms with Crippen LogP contribution in [0.1, 0.15) is 25.3 Å². The second-order valence-corrected chi connectivity index (χ2v) is 6.42. The number of hydrogen-bond acceptors (Lipinski definition) is 3. The van der Waals surface area contributed by atoms with Crippen LogP contribution in [0.5, 0.6) is 0 Å². The minimum absolute atomic E-state index is 0.224.